The van der Waals surface area contributed by atoms with Crippen molar-refractivity contribution in [2.75, 3.05) is 10.6 Å². The average Bonchev–Trinajstić information content (AvgIpc) is 3.07. The Morgan fingerprint density at radius 2 is 2.00 bits per heavy atom. The number of carbonyl (C=O) groups is 2. The van der Waals surface area contributed by atoms with Gasteiger partial charge in [0.1, 0.15) is 0 Å². The number of nitrogens with zero attached hydrogens (tertiary/aromatic N) is 2. The molecule has 6 nitrogen and oxygen atoms in total. The van der Waals surface area contributed by atoms with Gasteiger partial charge in [-0.3, -0.25) is 9.59 Å². The lowest BCUT2D eigenvalue weighted by molar-refractivity contribution is -0.123. The molecule has 4 rings (SSSR count). The van der Waals surface area contributed by atoms with Crippen LogP contribution in [-0.2, 0) is 16.6 Å². The SMILES string of the molecule is Cn1ccnc1Sc1ccc(NC(=O)C2CC(=O)Nc3ccccc32)cc1. The van der Waals surface area contributed by atoms with E-state index in [4.69, 9.17) is 0 Å². The average molecular weight is 378 g/mol. The highest BCUT2D eigenvalue weighted by Gasteiger charge is 2.30. The van der Waals surface area contributed by atoms with Crippen molar-refractivity contribution in [3.8, 4) is 0 Å². The van der Waals surface area contributed by atoms with Crippen molar-refractivity contribution in [2.24, 2.45) is 7.05 Å². The van der Waals surface area contributed by atoms with Crippen molar-refractivity contribution in [3.63, 3.8) is 0 Å². The Hall–Kier alpha value is -3.06. The zero-order valence-electron chi connectivity index (χ0n) is 14.7. The molecule has 0 fully saturated rings. The highest BCUT2D eigenvalue weighted by molar-refractivity contribution is 7.99. The topological polar surface area (TPSA) is 76.0 Å². The van der Waals surface area contributed by atoms with E-state index in [0.717, 1.165) is 15.6 Å². The summed E-state index contributed by atoms with van der Waals surface area (Å²) >= 11 is 1.55. The Balaban J connectivity index is 1.47. The molecule has 2 heterocycles. The Kier molecular flexibility index (Phi) is 4.68. The number of rotatable bonds is 4. The maximum Gasteiger partial charge on any atom is 0.232 e. The van der Waals surface area contributed by atoms with Gasteiger partial charge in [0.15, 0.2) is 5.16 Å². The summed E-state index contributed by atoms with van der Waals surface area (Å²) < 4.78 is 1.95. The van der Waals surface area contributed by atoms with Crippen molar-refractivity contribution in [1.82, 2.24) is 9.55 Å². The second-order valence-electron chi connectivity index (χ2n) is 6.33. The zero-order chi connectivity index (χ0) is 18.8. The molecule has 0 aliphatic carbocycles. The second-order valence-corrected chi connectivity index (χ2v) is 7.37. The number of fused-ring (bicyclic) bond motifs is 1. The van der Waals surface area contributed by atoms with Crippen LogP contribution in [0, 0.1) is 0 Å². The van der Waals surface area contributed by atoms with Gasteiger partial charge in [0.05, 0.1) is 5.92 Å². The lowest BCUT2D eigenvalue weighted by atomic mass is 9.90. The monoisotopic (exact) mass is 378 g/mol. The summed E-state index contributed by atoms with van der Waals surface area (Å²) in [7, 11) is 1.95. The van der Waals surface area contributed by atoms with E-state index in [0.29, 0.717) is 11.4 Å². The third kappa shape index (κ3) is 3.73. The van der Waals surface area contributed by atoms with Crippen LogP contribution in [0.5, 0.6) is 0 Å². The van der Waals surface area contributed by atoms with Gasteiger partial charge < -0.3 is 15.2 Å². The Bertz CT molecular complexity index is 997. The van der Waals surface area contributed by atoms with Crippen molar-refractivity contribution in [1.29, 1.82) is 0 Å². The summed E-state index contributed by atoms with van der Waals surface area (Å²) in [6.45, 7) is 0. The molecule has 136 valence electrons. The molecule has 0 saturated carbocycles. The molecule has 7 heteroatoms. The summed E-state index contributed by atoms with van der Waals surface area (Å²) in [5, 5.41) is 6.63. The van der Waals surface area contributed by atoms with Crippen LogP contribution in [-0.4, -0.2) is 21.4 Å². The quantitative estimate of drug-likeness (QED) is 0.727. The summed E-state index contributed by atoms with van der Waals surface area (Å²) in [5.74, 6) is -0.811. The maximum absolute atomic E-state index is 12.8. The van der Waals surface area contributed by atoms with Crippen LogP contribution in [0.1, 0.15) is 17.9 Å². The first kappa shape index (κ1) is 17.4. The number of aromatic nitrogens is 2. The molecule has 2 N–H and O–H groups in total. The molecule has 3 aromatic rings. The summed E-state index contributed by atoms with van der Waals surface area (Å²) in [6, 6.07) is 15.0. The fourth-order valence-electron chi connectivity index (χ4n) is 3.04. The fourth-order valence-corrected chi connectivity index (χ4v) is 3.84. The van der Waals surface area contributed by atoms with Crippen LogP contribution in [0.4, 0.5) is 11.4 Å². The maximum atomic E-state index is 12.8. The number of anilines is 2. The first-order chi connectivity index (χ1) is 13.1. The standard InChI is InChI=1S/C20H18N4O2S/c1-24-11-10-21-20(24)27-14-8-6-13(7-9-14)22-19(26)16-12-18(25)23-17-5-3-2-4-15(16)17/h2-11,16H,12H2,1H3,(H,22,26)(H,23,25). The predicted octanol–water partition coefficient (Wildman–Crippen LogP) is 3.64. The fraction of sp³-hybridized carbons (Fsp3) is 0.150. The first-order valence-corrected chi connectivity index (χ1v) is 9.37. The molecule has 27 heavy (non-hydrogen) atoms. The van der Waals surface area contributed by atoms with Gasteiger partial charge in [-0.25, -0.2) is 4.98 Å². The van der Waals surface area contributed by atoms with Gasteiger partial charge in [0, 0.05) is 42.1 Å². The smallest absolute Gasteiger partial charge is 0.232 e. The zero-order valence-corrected chi connectivity index (χ0v) is 15.5. The third-order valence-corrected chi connectivity index (χ3v) is 5.51. The molecular formula is C20H18N4O2S. The Morgan fingerprint density at radius 3 is 2.74 bits per heavy atom. The van der Waals surface area contributed by atoms with Crippen LogP contribution in [0.3, 0.4) is 0 Å². The van der Waals surface area contributed by atoms with E-state index in [1.54, 1.807) is 18.0 Å². The molecule has 0 spiro atoms. The number of aryl methyl sites for hydroxylation is 1. The number of hydrogen-bond donors (Lipinski definition) is 2. The molecule has 1 aliphatic rings. The number of carbonyl (C=O) groups excluding carboxylic acids is 2. The summed E-state index contributed by atoms with van der Waals surface area (Å²) in [6.07, 6.45) is 3.81. The molecule has 1 aromatic heterocycles. The van der Waals surface area contributed by atoms with Crippen molar-refractivity contribution in [3.05, 3.63) is 66.5 Å². The largest absolute Gasteiger partial charge is 0.329 e. The van der Waals surface area contributed by atoms with Gasteiger partial charge in [-0.1, -0.05) is 30.0 Å². The van der Waals surface area contributed by atoms with Gasteiger partial charge in [-0.05, 0) is 35.9 Å². The van der Waals surface area contributed by atoms with Crippen LogP contribution in [0.2, 0.25) is 0 Å². The van der Waals surface area contributed by atoms with Crippen LogP contribution < -0.4 is 10.6 Å². The van der Waals surface area contributed by atoms with Crippen LogP contribution >= 0.6 is 11.8 Å². The van der Waals surface area contributed by atoms with Gasteiger partial charge in [0.25, 0.3) is 0 Å². The highest BCUT2D eigenvalue weighted by atomic mass is 32.2. The van der Waals surface area contributed by atoms with E-state index in [9.17, 15) is 9.59 Å². The van der Waals surface area contributed by atoms with E-state index in [2.05, 4.69) is 15.6 Å². The van der Waals surface area contributed by atoms with Crippen LogP contribution in [0.25, 0.3) is 0 Å². The molecular weight excluding hydrogens is 360 g/mol. The van der Waals surface area contributed by atoms with Crippen molar-refractivity contribution < 1.29 is 9.59 Å². The Labute approximate surface area is 161 Å². The molecule has 2 aromatic carbocycles. The predicted molar refractivity (Wildman–Crippen MR) is 105 cm³/mol. The van der Waals surface area contributed by atoms with E-state index in [-0.39, 0.29) is 18.2 Å². The number of amides is 2. The minimum Gasteiger partial charge on any atom is -0.329 e. The van der Waals surface area contributed by atoms with Crippen molar-refractivity contribution >= 4 is 35.0 Å². The number of nitrogens with one attached hydrogen (secondary N) is 2. The highest BCUT2D eigenvalue weighted by Crippen LogP contribution is 2.33. The second kappa shape index (κ2) is 7.28. The molecule has 1 atom stereocenters. The third-order valence-electron chi connectivity index (χ3n) is 4.42. The molecule has 1 unspecified atom stereocenters. The lowest BCUT2D eigenvalue weighted by Gasteiger charge is -2.24. The van der Waals surface area contributed by atoms with Crippen LogP contribution in [0.15, 0.2) is 71.0 Å². The molecule has 0 bridgehead atoms. The number of hydrogen-bond acceptors (Lipinski definition) is 4. The van der Waals surface area contributed by atoms with Gasteiger partial charge in [-0.2, -0.15) is 0 Å². The van der Waals surface area contributed by atoms with Gasteiger partial charge in [-0.15, -0.1) is 0 Å². The minimum atomic E-state index is -0.489. The first-order valence-electron chi connectivity index (χ1n) is 8.55. The van der Waals surface area contributed by atoms with Gasteiger partial charge in [0.2, 0.25) is 11.8 Å². The minimum absolute atomic E-state index is 0.143. The van der Waals surface area contributed by atoms with E-state index in [1.165, 1.54) is 0 Å². The summed E-state index contributed by atoms with van der Waals surface area (Å²) in [4.78, 5) is 30.0. The lowest BCUT2D eigenvalue weighted by Crippen LogP contribution is -2.30. The number of para-hydroxylation sites is 1. The molecule has 1 aliphatic heterocycles. The summed E-state index contributed by atoms with van der Waals surface area (Å²) in [5.41, 5.74) is 2.25. The van der Waals surface area contributed by atoms with E-state index < -0.39 is 5.92 Å². The van der Waals surface area contributed by atoms with Crippen molar-refractivity contribution in [2.45, 2.75) is 22.4 Å². The van der Waals surface area contributed by atoms with Gasteiger partial charge >= 0.3 is 0 Å². The number of benzene rings is 2. The molecule has 0 saturated heterocycles. The Morgan fingerprint density at radius 1 is 1.22 bits per heavy atom. The molecule has 0 radical (unpaired) electrons. The number of imidazole rings is 1. The van der Waals surface area contributed by atoms with E-state index in [1.807, 2.05) is 66.3 Å². The van der Waals surface area contributed by atoms with E-state index >= 15 is 0 Å². The normalized spacial score (nSPS) is 15.7. The molecule has 2 amide bonds.